The molecule has 0 amide bonds. The summed E-state index contributed by atoms with van der Waals surface area (Å²) in [4.78, 5) is 2.32. The maximum atomic E-state index is 9.54. The first kappa shape index (κ1) is 14.4. The van der Waals surface area contributed by atoms with Gasteiger partial charge in [0.1, 0.15) is 0 Å². The molecule has 0 saturated carbocycles. The smallest absolute Gasteiger partial charge is 0.165 e. The Hall–Kier alpha value is -1.01. The van der Waals surface area contributed by atoms with E-state index in [1.165, 1.54) is 19.3 Å². The van der Waals surface area contributed by atoms with E-state index in [-0.39, 0.29) is 18.2 Å². The molecule has 1 atom stereocenters. The molecule has 0 aromatic carbocycles. The van der Waals surface area contributed by atoms with Crippen LogP contribution in [0.3, 0.4) is 0 Å². The largest absolute Gasteiger partial charge is 0.395 e. The summed E-state index contributed by atoms with van der Waals surface area (Å²) >= 11 is 0. The zero-order valence-corrected chi connectivity index (χ0v) is 12.2. The number of tetrazole rings is 1. The number of rotatable bonds is 3. The first-order chi connectivity index (χ1) is 9.02. The lowest BCUT2D eigenvalue weighted by Gasteiger charge is -2.29. The molecule has 0 spiro atoms. The van der Waals surface area contributed by atoms with Gasteiger partial charge in [-0.05, 0) is 50.6 Å². The second kappa shape index (κ2) is 5.96. The van der Waals surface area contributed by atoms with Crippen molar-refractivity contribution >= 4 is 0 Å². The van der Waals surface area contributed by atoms with Gasteiger partial charge in [-0.15, -0.1) is 5.10 Å². The van der Waals surface area contributed by atoms with E-state index in [1.807, 2.05) is 4.68 Å². The molecular formula is C13H25N5O. The molecular weight excluding hydrogens is 242 g/mol. The van der Waals surface area contributed by atoms with Crippen LogP contribution in [0.1, 0.15) is 52.3 Å². The van der Waals surface area contributed by atoms with Crippen molar-refractivity contribution in [3.8, 4) is 0 Å². The summed E-state index contributed by atoms with van der Waals surface area (Å²) in [5.74, 6) is 0.882. The first-order valence-corrected chi connectivity index (χ1v) is 7.15. The minimum absolute atomic E-state index is 0.112. The molecule has 1 aromatic heterocycles. The van der Waals surface area contributed by atoms with E-state index in [2.05, 4.69) is 41.2 Å². The van der Waals surface area contributed by atoms with E-state index in [1.54, 1.807) is 0 Å². The van der Waals surface area contributed by atoms with Crippen molar-refractivity contribution in [2.75, 3.05) is 13.2 Å². The predicted octanol–water partition coefficient (Wildman–Crippen LogP) is 1.16. The lowest BCUT2D eigenvalue weighted by atomic mass is 10.1. The van der Waals surface area contributed by atoms with Gasteiger partial charge < -0.3 is 5.11 Å². The lowest BCUT2D eigenvalue weighted by Crippen LogP contribution is -2.38. The van der Waals surface area contributed by atoms with Crippen molar-refractivity contribution in [1.29, 1.82) is 0 Å². The number of nitrogens with zero attached hydrogens (tertiary/aromatic N) is 5. The summed E-state index contributed by atoms with van der Waals surface area (Å²) in [7, 11) is 0. The van der Waals surface area contributed by atoms with Crippen molar-refractivity contribution in [1.82, 2.24) is 25.1 Å². The lowest BCUT2D eigenvalue weighted by molar-refractivity contribution is 0.112. The van der Waals surface area contributed by atoms with Gasteiger partial charge in [-0.2, -0.15) is 0 Å². The van der Waals surface area contributed by atoms with Crippen LogP contribution in [0.15, 0.2) is 0 Å². The van der Waals surface area contributed by atoms with Crippen molar-refractivity contribution in [3.63, 3.8) is 0 Å². The van der Waals surface area contributed by atoms with Crippen LogP contribution >= 0.6 is 0 Å². The minimum Gasteiger partial charge on any atom is -0.395 e. The summed E-state index contributed by atoms with van der Waals surface area (Å²) in [6.45, 7) is 8.24. The van der Waals surface area contributed by atoms with Crippen LogP contribution in [0, 0.1) is 0 Å². The molecule has 6 nitrogen and oxygen atoms in total. The molecule has 1 aliphatic heterocycles. The third-order valence-corrected chi connectivity index (χ3v) is 3.72. The number of aliphatic hydroxyl groups is 1. The maximum absolute atomic E-state index is 9.54. The molecule has 0 bridgehead atoms. The van der Waals surface area contributed by atoms with Crippen LogP contribution in [0.4, 0.5) is 0 Å². The molecule has 6 heteroatoms. The first-order valence-electron chi connectivity index (χ1n) is 7.15. The van der Waals surface area contributed by atoms with Crippen LogP contribution in [-0.4, -0.2) is 49.4 Å². The highest BCUT2D eigenvalue weighted by Crippen LogP contribution is 2.20. The topological polar surface area (TPSA) is 67.1 Å². The third kappa shape index (κ3) is 3.51. The number of likely N-dealkylation sites (tertiary alicyclic amines) is 1. The van der Waals surface area contributed by atoms with Gasteiger partial charge in [-0.25, -0.2) is 4.68 Å². The van der Waals surface area contributed by atoms with Crippen molar-refractivity contribution < 1.29 is 5.11 Å². The van der Waals surface area contributed by atoms with Crippen molar-refractivity contribution in [2.24, 2.45) is 0 Å². The van der Waals surface area contributed by atoms with E-state index < -0.39 is 0 Å². The van der Waals surface area contributed by atoms with Crippen molar-refractivity contribution in [3.05, 3.63) is 5.82 Å². The molecule has 1 saturated heterocycles. The van der Waals surface area contributed by atoms with Crippen LogP contribution in [0.2, 0.25) is 0 Å². The SMILES string of the molecule is CC(C)(C)n1nnnc1CN1CCCCCC1CO. The molecule has 1 aromatic rings. The summed E-state index contributed by atoms with van der Waals surface area (Å²) in [5, 5.41) is 21.6. The van der Waals surface area contributed by atoms with Gasteiger partial charge in [0, 0.05) is 6.04 Å². The molecule has 1 fully saturated rings. The summed E-state index contributed by atoms with van der Waals surface area (Å²) in [5.41, 5.74) is -0.112. The predicted molar refractivity (Wildman–Crippen MR) is 72.6 cm³/mol. The fourth-order valence-corrected chi connectivity index (χ4v) is 2.66. The Morgan fingerprint density at radius 2 is 2.05 bits per heavy atom. The molecule has 108 valence electrons. The van der Waals surface area contributed by atoms with E-state index >= 15 is 0 Å². The second-order valence-electron chi connectivity index (χ2n) is 6.33. The quantitative estimate of drug-likeness (QED) is 0.890. The Morgan fingerprint density at radius 3 is 2.74 bits per heavy atom. The molecule has 19 heavy (non-hydrogen) atoms. The number of aliphatic hydroxyl groups excluding tert-OH is 1. The summed E-state index contributed by atoms with van der Waals surface area (Å²) in [6.07, 6.45) is 4.70. The minimum atomic E-state index is -0.112. The van der Waals surface area contributed by atoms with Gasteiger partial charge >= 0.3 is 0 Å². The van der Waals surface area contributed by atoms with Gasteiger partial charge in [0.25, 0.3) is 0 Å². The van der Waals surface area contributed by atoms with Crippen LogP contribution in [-0.2, 0) is 12.1 Å². The fourth-order valence-electron chi connectivity index (χ4n) is 2.66. The highest BCUT2D eigenvalue weighted by Gasteiger charge is 2.25. The third-order valence-electron chi connectivity index (χ3n) is 3.72. The Labute approximate surface area is 114 Å². The molecule has 1 N–H and O–H groups in total. The van der Waals surface area contributed by atoms with Gasteiger partial charge in [-0.3, -0.25) is 4.90 Å². The van der Waals surface area contributed by atoms with E-state index in [0.29, 0.717) is 0 Å². The Bertz CT molecular complexity index is 398. The second-order valence-corrected chi connectivity index (χ2v) is 6.33. The molecule has 0 aliphatic carbocycles. The molecule has 0 radical (unpaired) electrons. The average molecular weight is 267 g/mol. The number of aromatic nitrogens is 4. The highest BCUT2D eigenvalue weighted by molar-refractivity contribution is 4.89. The van der Waals surface area contributed by atoms with Gasteiger partial charge in [0.2, 0.25) is 0 Å². The molecule has 2 heterocycles. The van der Waals surface area contributed by atoms with Crippen LogP contribution < -0.4 is 0 Å². The maximum Gasteiger partial charge on any atom is 0.165 e. The van der Waals surface area contributed by atoms with E-state index in [0.717, 1.165) is 25.3 Å². The molecule has 2 rings (SSSR count). The van der Waals surface area contributed by atoms with E-state index in [4.69, 9.17) is 0 Å². The van der Waals surface area contributed by atoms with Crippen LogP contribution in [0.5, 0.6) is 0 Å². The molecule has 1 aliphatic rings. The van der Waals surface area contributed by atoms with Gasteiger partial charge in [0.05, 0.1) is 18.7 Å². The number of hydrogen-bond acceptors (Lipinski definition) is 5. The Kier molecular flexibility index (Phi) is 4.52. The van der Waals surface area contributed by atoms with Gasteiger partial charge in [0.15, 0.2) is 5.82 Å². The fraction of sp³-hybridized carbons (Fsp3) is 0.923. The zero-order chi connectivity index (χ0) is 13.9. The number of hydrogen-bond donors (Lipinski definition) is 1. The van der Waals surface area contributed by atoms with Gasteiger partial charge in [-0.1, -0.05) is 12.8 Å². The summed E-state index contributed by atoms with van der Waals surface area (Å²) < 4.78 is 1.88. The highest BCUT2D eigenvalue weighted by atomic mass is 16.3. The normalized spacial score (nSPS) is 22.4. The average Bonchev–Trinajstić information content (AvgIpc) is 2.69. The Morgan fingerprint density at radius 1 is 1.26 bits per heavy atom. The molecule has 1 unspecified atom stereocenters. The van der Waals surface area contributed by atoms with E-state index in [9.17, 15) is 5.11 Å². The monoisotopic (exact) mass is 267 g/mol. The standard InChI is InChI=1S/C13H25N5O/c1-13(2,3)18-12(14-15-16-18)9-17-8-6-4-5-7-11(17)10-19/h11,19H,4-10H2,1-3H3. The summed E-state index contributed by atoms with van der Waals surface area (Å²) in [6, 6.07) is 0.243. The van der Waals surface area contributed by atoms with Crippen LogP contribution in [0.25, 0.3) is 0 Å². The van der Waals surface area contributed by atoms with Crippen molar-refractivity contribution in [2.45, 2.75) is 64.6 Å². The Balaban J connectivity index is 2.13. The zero-order valence-electron chi connectivity index (χ0n) is 12.2.